The molecule has 1 saturated heterocycles. The molecule has 1 amide bonds. The molecule has 0 saturated carbocycles. The van der Waals surface area contributed by atoms with Gasteiger partial charge in [-0.3, -0.25) is 9.79 Å². The number of hydrogen-bond donors (Lipinski definition) is 3. The molecule has 1 heterocycles. The SMILES string of the molecule is CN=C(NCCC(=O)NC1CCS(=O)(=O)C1)NCc1cc(C)ccc1OC(F)F. The van der Waals surface area contributed by atoms with Gasteiger partial charge in [-0.1, -0.05) is 17.7 Å². The molecule has 1 aliphatic heterocycles. The number of alkyl halides is 2. The summed E-state index contributed by atoms with van der Waals surface area (Å²) in [6, 6.07) is 4.57. The number of carbonyl (C=O) groups is 1. The molecule has 2 rings (SSSR count). The topological polar surface area (TPSA) is 109 Å². The molecular weight excluding hydrogens is 406 g/mol. The predicted octanol–water partition coefficient (Wildman–Crippen LogP) is 0.955. The number of nitrogens with one attached hydrogen (secondary N) is 3. The van der Waals surface area contributed by atoms with E-state index in [1.54, 1.807) is 19.2 Å². The van der Waals surface area contributed by atoms with Gasteiger partial charge in [-0.15, -0.1) is 0 Å². The Balaban J connectivity index is 1.78. The van der Waals surface area contributed by atoms with E-state index in [2.05, 4.69) is 25.7 Å². The molecule has 1 atom stereocenters. The Kier molecular flexibility index (Phi) is 8.18. The van der Waals surface area contributed by atoms with E-state index in [1.807, 2.05) is 6.92 Å². The molecule has 0 aromatic heterocycles. The average molecular weight is 432 g/mol. The first kappa shape index (κ1) is 22.9. The zero-order chi connectivity index (χ0) is 21.4. The Morgan fingerprint density at radius 1 is 1.34 bits per heavy atom. The fourth-order valence-corrected chi connectivity index (χ4v) is 4.63. The number of ether oxygens (including phenoxy) is 1. The van der Waals surface area contributed by atoms with E-state index in [1.165, 1.54) is 6.07 Å². The van der Waals surface area contributed by atoms with Gasteiger partial charge in [0, 0.05) is 38.2 Å². The van der Waals surface area contributed by atoms with Crippen molar-refractivity contribution in [3.05, 3.63) is 29.3 Å². The largest absolute Gasteiger partial charge is 0.434 e. The lowest BCUT2D eigenvalue weighted by atomic mass is 10.1. The molecule has 1 aliphatic rings. The summed E-state index contributed by atoms with van der Waals surface area (Å²) in [5, 5.41) is 8.65. The third-order valence-electron chi connectivity index (χ3n) is 4.34. The maximum atomic E-state index is 12.5. The van der Waals surface area contributed by atoms with E-state index < -0.39 is 16.4 Å². The van der Waals surface area contributed by atoms with E-state index in [0.717, 1.165) is 5.56 Å². The number of carbonyl (C=O) groups excluding carboxylic acids is 1. The van der Waals surface area contributed by atoms with Crippen molar-refractivity contribution in [2.24, 2.45) is 4.99 Å². The highest BCUT2D eigenvalue weighted by molar-refractivity contribution is 7.91. The highest BCUT2D eigenvalue weighted by Crippen LogP contribution is 2.22. The number of halogens is 2. The molecule has 3 N–H and O–H groups in total. The molecule has 0 bridgehead atoms. The van der Waals surface area contributed by atoms with Crippen molar-refractivity contribution in [1.82, 2.24) is 16.0 Å². The highest BCUT2D eigenvalue weighted by atomic mass is 32.2. The minimum atomic E-state index is -3.04. The zero-order valence-corrected chi connectivity index (χ0v) is 17.2. The van der Waals surface area contributed by atoms with Crippen molar-refractivity contribution in [3.63, 3.8) is 0 Å². The number of aliphatic imine (C=N–C) groups is 1. The van der Waals surface area contributed by atoms with Crippen molar-refractivity contribution in [2.75, 3.05) is 25.1 Å². The van der Waals surface area contributed by atoms with Gasteiger partial charge in [0.1, 0.15) is 5.75 Å². The Morgan fingerprint density at radius 2 is 2.10 bits per heavy atom. The molecule has 0 radical (unpaired) electrons. The number of hydrogen-bond acceptors (Lipinski definition) is 5. The van der Waals surface area contributed by atoms with Crippen LogP contribution in [0.25, 0.3) is 0 Å². The third-order valence-corrected chi connectivity index (χ3v) is 6.11. The lowest BCUT2D eigenvalue weighted by Crippen LogP contribution is -2.41. The third kappa shape index (κ3) is 7.84. The first-order valence-corrected chi connectivity index (χ1v) is 11.0. The predicted molar refractivity (Wildman–Crippen MR) is 106 cm³/mol. The molecule has 29 heavy (non-hydrogen) atoms. The summed E-state index contributed by atoms with van der Waals surface area (Å²) in [6.07, 6.45) is 0.575. The number of guanidine groups is 1. The molecule has 1 aromatic carbocycles. The van der Waals surface area contributed by atoms with E-state index in [4.69, 9.17) is 0 Å². The van der Waals surface area contributed by atoms with Gasteiger partial charge in [-0.25, -0.2) is 8.42 Å². The molecule has 8 nitrogen and oxygen atoms in total. The Labute approximate surface area is 169 Å². The normalized spacial score (nSPS) is 18.5. The minimum absolute atomic E-state index is 0.0189. The number of rotatable bonds is 8. The number of nitrogens with zero attached hydrogens (tertiary/aromatic N) is 1. The first-order chi connectivity index (χ1) is 13.7. The molecule has 162 valence electrons. The minimum Gasteiger partial charge on any atom is -0.434 e. The summed E-state index contributed by atoms with van der Waals surface area (Å²) in [5.41, 5.74) is 1.45. The molecule has 1 aromatic rings. The molecule has 11 heteroatoms. The van der Waals surface area contributed by atoms with Crippen LogP contribution in [-0.4, -0.2) is 58.0 Å². The second-order valence-electron chi connectivity index (χ2n) is 6.76. The smallest absolute Gasteiger partial charge is 0.387 e. The molecule has 0 aliphatic carbocycles. The van der Waals surface area contributed by atoms with Crippen LogP contribution in [0.15, 0.2) is 23.2 Å². The van der Waals surface area contributed by atoms with Crippen molar-refractivity contribution in [2.45, 2.75) is 39.0 Å². The first-order valence-electron chi connectivity index (χ1n) is 9.17. The van der Waals surface area contributed by atoms with Crippen LogP contribution in [0.4, 0.5) is 8.78 Å². The standard InChI is InChI=1S/C18H26F2N4O4S/c1-12-3-4-15(28-17(19)20)13(9-12)10-23-18(21-2)22-7-5-16(25)24-14-6-8-29(26,27)11-14/h3-4,9,14,17H,5-8,10-11H2,1-2H3,(H,24,25)(H2,21,22,23). The van der Waals surface area contributed by atoms with E-state index >= 15 is 0 Å². The molecule has 1 fully saturated rings. The van der Waals surface area contributed by atoms with Gasteiger partial charge in [-0.2, -0.15) is 8.78 Å². The van der Waals surface area contributed by atoms with Crippen LogP contribution >= 0.6 is 0 Å². The van der Waals surface area contributed by atoms with Gasteiger partial charge in [0.25, 0.3) is 0 Å². The van der Waals surface area contributed by atoms with Gasteiger partial charge in [0.15, 0.2) is 15.8 Å². The van der Waals surface area contributed by atoms with Crippen LogP contribution in [-0.2, 0) is 21.2 Å². The fourth-order valence-electron chi connectivity index (χ4n) is 2.96. The maximum absolute atomic E-state index is 12.5. The van der Waals surface area contributed by atoms with Gasteiger partial charge in [0.2, 0.25) is 5.91 Å². The number of benzene rings is 1. The Morgan fingerprint density at radius 3 is 2.72 bits per heavy atom. The second kappa shape index (κ2) is 10.4. The zero-order valence-electron chi connectivity index (χ0n) is 16.4. The summed E-state index contributed by atoms with van der Waals surface area (Å²) in [6.45, 7) is -0.590. The summed E-state index contributed by atoms with van der Waals surface area (Å²) in [5.74, 6) is 0.310. The summed E-state index contributed by atoms with van der Waals surface area (Å²) < 4.78 is 52.5. The summed E-state index contributed by atoms with van der Waals surface area (Å²) >= 11 is 0. The van der Waals surface area contributed by atoms with E-state index in [9.17, 15) is 22.0 Å². The molecule has 0 spiro atoms. The van der Waals surface area contributed by atoms with Crippen LogP contribution in [0.3, 0.4) is 0 Å². The van der Waals surface area contributed by atoms with Gasteiger partial charge in [-0.05, 0) is 19.4 Å². The molecular formula is C18H26F2N4O4S. The Bertz CT molecular complexity index is 846. The van der Waals surface area contributed by atoms with E-state index in [0.29, 0.717) is 17.9 Å². The van der Waals surface area contributed by atoms with Crippen LogP contribution in [0.5, 0.6) is 5.75 Å². The van der Waals surface area contributed by atoms with Crippen molar-refractivity contribution < 1.29 is 26.7 Å². The quantitative estimate of drug-likeness (QED) is 0.417. The van der Waals surface area contributed by atoms with Crippen molar-refractivity contribution in [3.8, 4) is 5.75 Å². The van der Waals surface area contributed by atoms with Crippen molar-refractivity contribution >= 4 is 21.7 Å². The monoisotopic (exact) mass is 432 g/mol. The van der Waals surface area contributed by atoms with Crippen LogP contribution < -0.4 is 20.7 Å². The lowest BCUT2D eigenvalue weighted by molar-refractivity contribution is -0.121. The van der Waals surface area contributed by atoms with Gasteiger partial charge < -0.3 is 20.7 Å². The number of sulfone groups is 1. The summed E-state index contributed by atoms with van der Waals surface area (Å²) in [7, 11) is -1.50. The number of aryl methyl sites for hydroxylation is 1. The average Bonchev–Trinajstić information content (AvgIpc) is 2.97. The lowest BCUT2D eigenvalue weighted by Gasteiger charge is -2.15. The second-order valence-corrected chi connectivity index (χ2v) is 8.99. The van der Waals surface area contributed by atoms with Crippen molar-refractivity contribution in [1.29, 1.82) is 0 Å². The summed E-state index contributed by atoms with van der Waals surface area (Å²) in [4.78, 5) is 16.0. The fraction of sp³-hybridized carbons (Fsp3) is 0.556. The van der Waals surface area contributed by atoms with Crippen LogP contribution in [0.1, 0.15) is 24.0 Å². The highest BCUT2D eigenvalue weighted by Gasteiger charge is 2.28. The maximum Gasteiger partial charge on any atom is 0.387 e. The number of amides is 1. The van der Waals surface area contributed by atoms with Crippen LogP contribution in [0, 0.1) is 6.92 Å². The van der Waals surface area contributed by atoms with Crippen LogP contribution in [0.2, 0.25) is 0 Å². The van der Waals surface area contributed by atoms with Gasteiger partial charge >= 0.3 is 6.61 Å². The Hall–Kier alpha value is -2.43. The van der Waals surface area contributed by atoms with E-state index in [-0.39, 0.29) is 48.7 Å². The van der Waals surface area contributed by atoms with Gasteiger partial charge in [0.05, 0.1) is 11.5 Å². The molecule has 1 unspecified atom stereocenters.